The Bertz CT molecular complexity index is 1700. The number of phenolic OH excluding ortho intramolecular Hbond substituents is 1. The fraction of sp³-hybridized carbons (Fsp3) is 0.622. The molecule has 19 nitrogen and oxygen atoms in total. The van der Waals surface area contributed by atoms with E-state index in [1.54, 1.807) is 12.1 Å². The fourth-order valence-electron chi connectivity index (χ4n) is 8.08. The van der Waals surface area contributed by atoms with Crippen molar-refractivity contribution in [2.24, 2.45) is 5.73 Å². The Balaban J connectivity index is 1.15. The van der Waals surface area contributed by atoms with Crippen molar-refractivity contribution in [2.75, 3.05) is 45.1 Å². The molecule has 5 rings (SSSR count). The number of aliphatic hydroxyl groups excluding tert-OH is 1. The zero-order chi connectivity index (χ0) is 41.4. The van der Waals surface area contributed by atoms with Gasteiger partial charge in [0.25, 0.3) is 0 Å². The number of amides is 7. The zero-order valence-electron chi connectivity index (χ0n) is 31.6. The molecule has 0 spiro atoms. The van der Waals surface area contributed by atoms with Gasteiger partial charge < -0.3 is 56.6 Å². The number of carboxylic acid groups (broad SMARTS) is 1. The summed E-state index contributed by atoms with van der Waals surface area (Å²) in [5.74, 6) is -5.36. The molecule has 4 heterocycles. The first kappa shape index (κ1) is 43.2. The number of hydrogen-bond donors (Lipinski definition) is 8. The van der Waals surface area contributed by atoms with Crippen LogP contribution in [0.25, 0.3) is 0 Å². The lowest BCUT2D eigenvalue weighted by molar-refractivity contribution is -0.150. The van der Waals surface area contributed by atoms with Gasteiger partial charge in [-0.15, -0.1) is 0 Å². The molecule has 0 unspecified atom stereocenters. The summed E-state index contributed by atoms with van der Waals surface area (Å²) in [6, 6.07) is -1.19. The lowest BCUT2D eigenvalue weighted by Gasteiger charge is -2.34. The maximum Gasteiger partial charge on any atom is 0.326 e. The number of phenols is 1. The summed E-state index contributed by atoms with van der Waals surface area (Å²) in [4.78, 5) is 111. The molecule has 4 saturated heterocycles. The molecule has 1 aromatic carbocycles. The van der Waals surface area contributed by atoms with Crippen molar-refractivity contribution >= 4 is 59.9 Å². The summed E-state index contributed by atoms with van der Waals surface area (Å²) in [6.45, 7) is -0.238. The smallest absolute Gasteiger partial charge is 0.326 e. The lowest BCUT2D eigenvalue weighted by Crippen LogP contribution is -2.60. The van der Waals surface area contributed by atoms with Crippen molar-refractivity contribution in [3.05, 3.63) is 29.8 Å². The molecular formula is C37H52N8O11S. The van der Waals surface area contributed by atoms with Crippen molar-refractivity contribution < 1.29 is 53.7 Å². The Kier molecular flexibility index (Phi) is 14.7. The number of likely N-dealkylation sites (tertiary alicyclic amines) is 4. The number of aliphatic hydroxyl groups is 1. The number of thiol groups is 1. The molecule has 0 saturated carbocycles. The molecule has 4 fully saturated rings. The quantitative estimate of drug-likeness (QED) is 0.0842. The molecule has 0 aromatic heterocycles. The van der Waals surface area contributed by atoms with Crippen LogP contribution >= 0.6 is 12.6 Å². The monoisotopic (exact) mass is 816 g/mol. The average Bonchev–Trinajstić information content (AvgIpc) is 4.04. The average molecular weight is 817 g/mol. The number of aromatic hydroxyl groups is 1. The van der Waals surface area contributed by atoms with Crippen LogP contribution in [0.4, 0.5) is 0 Å². The normalized spacial score (nSPS) is 23.5. The van der Waals surface area contributed by atoms with E-state index in [4.69, 9.17) is 5.73 Å². The molecule has 4 aliphatic rings. The van der Waals surface area contributed by atoms with Crippen molar-refractivity contribution in [2.45, 2.75) is 100 Å². The number of nitrogens with two attached hydrogens (primary N) is 1. The zero-order valence-corrected chi connectivity index (χ0v) is 32.5. The van der Waals surface area contributed by atoms with Gasteiger partial charge in [0.05, 0.1) is 19.2 Å². The van der Waals surface area contributed by atoms with Gasteiger partial charge in [-0.2, -0.15) is 12.6 Å². The number of nitrogens with zero attached hydrogens (tertiary/aromatic N) is 4. The van der Waals surface area contributed by atoms with Crippen molar-refractivity contribution in [3.8, 4) is 5.75 Å². The second-order valence-corrected chi connectivity index (χ2v) is 15.2. The van der Waals surface area contributed by atoms with Gasteiger partial charge in [0.1, 0.15) is 42.0 Å². The molecule has 4 aliphatic heterocycles. The van der Waals surface area contributed by atoms with Crippen LogP contribution in [0.1, 0.15) is 56.9 Å². The molecule has 0 bridgehead atoms. The fourth-order valence-corrected chi connectivity index (χ4v) is 8.32. The second-order valence-electron chi connectivity index (χ2n) is 14.8. The van der Waals surface area contributed by atoms with E-state index in [-0.39, 0.29) is 63.5 Å². The molecule has 57 heavy (non-hydrogen) atoms. The summed E-state index contributed by atoms with van der Waals surface area (Å²) >= 11 is 4.15. The molecule has 8 N–H and O–H groups in total. The van der Waals surface area contributed by atoms with E-state index in [2.05, 4.69) is 28.6 Å². The Labute approximate surface area is 335 Å². The Morgan fingerprint density at radius 1 is 0.719 bits per heavy atom. The van der Waals surface area contributed by atoms with Crippen LogP contribution in [0.5, 0.6) is 5.75 Å². The highest BCUT2D eigenvalue weighted by Gasteiger charge is 2.46. The van der Waals surface area contributed by atoms with E-state index in [0.717, 1.165) is 10.5 Å². The third-order valence-electron chi connectivity index (χ3n) is 11.1. The van der Waals surface area contributed by atoms with Crippen LogP contribution in [-0.4, -0.2) is 170 Å². The van der Waals surface area contributed by atoms with Gasteiger partial charge >= 0.3 is 5.97 Å². The first-order valence-electron chi connectivity index (χ1n) is 19.3. The number of carbonyl (C=O) groups is 8. The van der Waals surface area contributed by atoms with Gasteiger partial charge in [0.2, 0.25) is 41.4 Å². The van der Waals surface area contributed by atoms with Crippen molar-refractivity contribution in [1.29, 1.82) is 0 Å². The highest BCUT2D eigenvalue weighted by molar-refractivity contribution is 7.80. The van der Waals surface area contributed by atoms with Crippen LogP contribution in [0.3, 0.4) is 0 Å². The topological polar surface area (TPSA) is 272 Å². The molecule has 0 radical (unpaired) electrons. The molecule has 1 aromatic rings. The maximum absolute atomic E-state index is 14.0. The number of nitrogens with one attached hydrogen (secondary N) is 3. The van der Waals surface area contributed by atoms with E-state index in [9.17, 15) is 53.7 Å². The maximum atomic E-state index is 14.0. The van der Waals surface area contributed by atoms with E-state index in [1.807, 2.05) is 0 Å². The largest absolute Gasteiger partial charge is 0.508 e. The van der Waals surface area contributed by atoms with Crippen molar-refractivity contribution in [1.82, 2.24) is 35.6 Å². The van der Waals surface area contributed by atoms with E-state index < -0.39 is 96.2 Å². The molecule has 7 amide bonds. The Morgan fingerprint density at radius 3 is 1.82 bits per heavy atom. The van der Waals surface area contributed by atoms with E-state index in [1.165, 1.54) is 26.8 Å². The predicted octanol–water partition coefficient (Wildman–Crippen LogP) is -2.68. The third kappa shape index (κ3) is 10.1. The van der Waals surface area contributed by atoms with Gasteiger partial charge in [-0.3, -0.25) is 33.6 Å². The predicted molar refractivity (Wildman–Crippen MR) is 204 cm³/mol. The number of carboxylic acids is 1. The first-order chi connectivity index (χ1) is 27.2. The van der Waals surface area contributed by atoms with Crippen LogP contribution in [0.15, 0.2) is 24.3 Å². The minimum Gasteiger partial charge on any atom is -0.508 e. The molecule has 7 atom stereocenters. The molecule has 0 aliphatic carbocycles. The summed E-state index contributed by atoms with van der Waals surface area (Å²) in [5, 5.41) is 36.5. The van der Waals surface area contributed by atoms with Gasteiger partial charge in [-0.1, -0.05) is 12.1 Å². The highest BCUT2D eigenvalue weighted by Crippen LogP contribution is 2.29. The standard InChI is InChI=1S/C37H52N8O11S/c38-23(17-21-9-11-22(47)12-10-21)31(49)39-18-30(48)42-13-2-6-27(42)35(53)44-15-3-7-28(44)36(54)43-14-1-5-26(43)33(51)40-24(19-46)32(50)41-25(20-57)34(52)45-16-4-8-29(45)37(55)56/h9-12,23-29,46-47,57H,1-8,13-20,38H2,(H,39,49)(H,40,51)(H,41,50)(H,55,56)/t23-,24-,25-,26-,27-,28-,29-/m0/s1. The lowest BCUT2D eigenvalue weighted by atomic mass is 10.1. The van der Waals surface area contributed by atoms with Crippen molar-refractivity contribution in [3.63, 3.8) is 0 Å². The van der Waals surface area contributed by atoms with Crippen LogP contribution in [0.2, 0.25) is 0 Å². The summed E-state index contributed by atoms with van der Waals surface area (Å²) in [6.07, 6.45) is 3.43. The molecule has 20 heteroatoms. The van der Waals surface area contributed by atoms with E-state index in [0.29, 0.717) is 38.5 Å². The van der Waals surface area contributed by atoms with Crippen LogP contribution < -0.4 is 21.7 Å². The van der Waals surface area contributed by atoms with Crippen LogP contribution in [0, 0.1) is 0 Å². The number of rotatable bonds is 15. The van der Waals surface area contributed by atoms with Gasteiger partial charge in [0.15, 0.2) is 0 Å². The molecule has 312 valence electrons. The number of carbonyl (C=O) groups excluding carboxylic acids is 7. The van der Waals surface area contributed by atoms with Gasteiger partial charge in [-0.25, -0.2) is 4.79 Å². The van der Waals surface area contributed by atoms with E-state index >= 15 is 0 Å². The number of hydrogen-bond acceptors (Lipinski definition) is 12. The Hall–Kier alpha value is -4.95. The Morgan fingerprint density at radius 2 is 1.25 bits per heavy atom. The highest BCUT2D eigenvalue weighted by atomic mass is 32.1. The molecular weight excluding hydrogens is 765 g/mol. The number of benzene rings is 1. The van der Waals surface area contributed by atoms with Gasteiger partial charge in [0, 0.05) is 31.9 Å². The summed E-state index contributed by atoms with van der Waals surface area (Å²) < 4.78 is 0. The minimum absolute atomic E-state index is 0.0783. The third-order valence-corrected chi connectivity index (χ3v) is 11.5. The summed E-state index contributed by atoms with van der Waals surface area (Å²) in [5.41, 5.74) is 6.76. The van der Waals surface area contributed by atoms with Crippen LogP contribution in [-0.2, 0) is 44.8 Å². The number of aliphatic carboxylic acids is 1. The first-order valence-corrected chi connectivity index (χ1v) is 20.0. The minimum atomic E-state index is -1.49. The second kappa shape index (κ2) is 19.5. The SMILES string of the molecule is N[C@@H](Cc1ccc(O)cc1)C(=O)NCC(=O)N1CCC[C@H]1C(=O)N1CCC[C@H]1C(=O)N1CCC[C@H]1C(=O)N[C@@H](CO)C(=O)N[C@@H](CS)C(=O)N1CCC[C@H]1C(=O)O. The summed E-state index contributed by atoms with van der Waals surface area (Å²) in [7, 11) is 0. The van der Waals surface area contributed by atoms with Gasteiger partial charge in [-0.05, 0) is 75.5 Å².